The number of ketones is 2. The Morgan fingerprint density at radius 2 is 2.08 bits per heavy atom. The van der Waals surface area contributed by atoms with Gasteiger partial charge in [-0.05, 0) is 5.92 Å². The monoisotopic (exact) mass is 184 g/mol. The third-order valence-electron chi connectivity index (χ3n) is 2.29. The molecule has 0 amide bonds. The molecule has 1 fully saturated rings. The molecule has 2 atom stereocenters. The fraction of sp³-hybridized carbons (Fsp3) is 0.667. The molecule has 0 N–H and O–H groups in total. The van der Waals surface area contributed by atoms with Crippen molar-refractivity contribution in [2.45, 2.75) is 19.8 Å². The van der Waals surface area contributed by atoms with E-state index in [9.17, 15) is 14.4 Å². The van der Waals surface area contributed by atoms with Crippen LogP contribution in [-0.2, 0) is 19.1 Å². The highest BCUT2D eigenvalue weighted by Crippen LogP contribution is 2.25. The van der Waals surface area contributed by atoms with Crippen LogP contribution in [0.3, 0.4) is 0 Å². The lowest BCUT2D eigenvalue weighted by molar-refractivity contribution is -0.153. The molecular weight excluding hydrogens is 172 g/mol. The lowest BCUT2D eigenvalue weighted by Gasteiger charge is -2.23. The molecule has 1 saturated carbocycles. The Labute approximate surface area is 76.3 Å². The summed E-state index contributed by atoms with van der Waals surface area (Å²) < 4.78 is 4.49. The van der Waals surface area contributed by atoms with E-state index in [2.05, 4.69) is 4.74 Å². The van der Waals surface area contributed by atoms with Crippen LogP contribution >= 0.6 is 0 Å². The number of carbonyl (C=O) groups excluding carboxylic acids is 3. The first-order chi connectivity index (χ1) is 6.06. The number of esters is 1. The number of methoxy groups -OCH3 is 1. The van der Waals surface area contributed by atoms with Gasteiger partial charge >= 0.3 is 5.97 Å². The average molecular weight is 184 g/mol. The highest BCUT2D eigenvalue weighted by Gasteiger charge is 2.38. The first-order valence-corrected chi connectivity index (χ1v) is 4.18. The summed E-state index contributed by atoms with van der Waals surface area (Å²) in [6.07, 6.45) is 0.176. The number of carbonyl (C=O) groups is 3. The van der Waals surface area contributed by atoms with Crippen LogP contribution in [0.15, 0.2) is 0 Å². The SMILES string of the molecule is COC(=O)[C@H]1C(=O)CC(=O)C[C@H]1C. The molecule has 0 aromatic rings. The summed E-state index contributed by atoms with van der Waals surface area (Å²) in [6.45, 7) is 1.72. The summed E-state index contributed by atoms with van der Waals surface area (Å²) in [6, 6.07) is 0. The first-order valence-electron chi connectivity index (χ1n) is 4.18. The van der Waals surface area contributed by atoms with E-state index >= 15 is 0 Å². The Morgan fingerprint density at radius 1 is 1.46 bits per heavy atom. The molecule has 0 saturated heterocycles. The standard InChI is InChI=1S/C9H12O4/c1-5-3-6(10)4-7(11)8(5)9(12)13-2/h5,8H,3-4H2,1-2H3/t5-,8-/m1/s1. The fourth-order valence-corrected chi connectivity index (χ4v) is 1.66. The van der Waals surface area contributed by atoms with Crippen LogP contribution in [-0.4, -0.2) is 24.6 Å². The predicted octanol–water partition coefficient (Wildman–Crippen LogP) is 0.344. The summed E-state index contributed by atoms with van der Waals surface area (Å²) in [5.41, 5.74) is 0. The van der Waals surface area contributed by atoms with Crippen molar-refractivity contribution in [3.05, 3.63) is 0 Å². The zero-order valence-corrected chi connectivity index (χ0v) is 7.70. The van der Waals surface area contributed by atoms with Gasteiger partial charge < -0.3 is 4.74 Å². The van der Waals surface area contributed by atoms with Gasteiger partial charge in [0.2, 0.25) is 0 Å². The van der Waals surface area contributed by atoms with Crippen molar-refractivity contribution in [2.24, 2.45) is 11.8 Å². The van der Waals surface area contributed by atoms with Gasteiger partial charge in [-0.1, -0.05) is 6.92 Å². The van der Waals surface area contributed by atoms with Gasteiger partial charge in [-0.3, -0.25) is 14.4 Å². The summed E-state index contributed by atoms with van der Waals surface area (Å²) in [4.78, 5) is 33.4. The molecule has 4 heteroatoms. The van der Waals surface area contributed by atoms with E-state index in [1.807, 2.05) is 0 Å². The van der Waals surface area contributed by atoms with Crippen LogP contribution in [0.1, 0.15) is 19.8 Å². The van der Waals surface area contributed by atoms with Crippen molar-refractivity contribution in [3.8, 4) is 0 Å². The average Bonchev–Trinajstić information content (AvgIpc) is 2.02. The van der Waals surface area contributed by atoms with Crippen LogP contribution < -0.4 is 0 Å². The van der Waals surface area contributed by atoms with E-state index in [-0.39, 0.29) is 23.9 Å². The van der Waals surface area contributed by atoms with Crippen molar-refractivity contribution in [1.29, 1.82) is 0 Å². The third-order valence-corrected chi connectivity index (χ3v) is 2.29. The van der Waals surface area contributed by atoms with Crippen molar-refractivity contribution < 1.29 is 19.1 Å². The second-order valence-corrected chi connectivity index (χ2v) is 3.36. The second kappa shape index (κ2) is 3.68. The third kappa shape index (κ3) is 1.94. The Kier molecular flexibility index (Phi) is 2.80. The number of ether oxygens (including phenoxy) is 1. The van der Waals surface area contributed by atoms with Crippen LogP contribution in [0.2, 0.25) is 0 Å². The van der Waals surface area contributed by atoms with Crippen molar-refractivity contribution >= 4 is 17.5 Å². The highest BCUT2D eigenvalue weighted by molar-refractivity contribution is 6.10. The maximum Gasteiger partial charge on any atom is 0.316 e. The molecule has 1 aliphatic carbocycles. The zero-order chi connectivity index (χ0) is 10.0. The second-order valence-electron chi connectivity index (χ2n) is 3.36. The summed E-state index contributed by atoms with van der Waals surface area (Å²) in [7, 11) is 1.25. The molecule has 4 nitrogen and oxygen atoms in total. The van der Waals surface area contributed by atoms with E-state index in [0.717, 1.165) is 0 Å². The molecule has 1 rings (SSSR count). The lowest BCUT2D eigenvalue weighted by atomic mass is 9.79. The molecule has 0 radical (unpaired) electrons. The van der Waals surface area contributed by atoms with Gasteiger partial charge in [-0.25, -0.2) is 0 Å². The van der Waals surface area contributed by atoms with Gasteiger partial charge in [0.15, 0.2) is 5.78 Å². The van der Waals surface area contributed by atoms with Gasteiger partial charge in [-0.2, -0.15) is 0 Å². The van der Waals surface area contributed by atoms with E-state index < -0.39 is 11.9 Å². The minimum absolute atomic E-state index is 0.0855. The zero-order valence-electron chi connectivity index (χ0n) is 7.70. The number of rotatable bonds is 1. The van der Waals surface area contributed by atoms with Crippen molar-refractivity contribution in [3.63, 3.8) is 0 Å². The molecule has 0 aromatic heterocycles. The van der Waals surface area contributed by atoms with Crippen LogP contribution in [0, 0.1) is 11.8 Å². The molecule has 13 heavy (non-hydrogen) atoms. The normalized spacial score (nSPS) is 28.8. The quantitative estimate of drug-likeness (QED) is 0.435. The van der Waals surface area contributed by atoms with E-state index in [1.165, 1.54) is 7.11 Å². The number of Topliss-reactive ketones (excluding diaryl/α,β-unsaturated/α-hetero) is 2. The number of hydrogen-bond donors (Lipinski definition) is 0. The predicted molar refractivity (Wildman–Crippen MR) is 43.9 cm³/mol. The van der Waals surface area contributed by atoms with E-state index in [1.54, 1.807) is 6.92 Å². The van der Waals surface area contributed by atoms with Gasteiger partial charge in [0.05, 0.1) is 13.5 Å². The molecule has 0 spiro atoms. The molecule has 0 unspecified atom stereocenters. The van der Waals surface area contributed by atoms with Crippen LogP contribution in [0.4, 0.5) is 0 Å². The van der Waals surface area contributed by atoms with Gasteiger partial charge in [0, 0.05) is 6.42 Å². The summed E-state index contributed by atoms with van der Waals surface area (Å²) in [5.74, 6) is -1.87. The Balaban J connectivity index is 2.78. The highest BCUT2D eigenvalue weighted by atomic mass is 16.5. The Morgan fingerprint density at radius 3 is 2.54 bits per heavy atom. The van der Waals surface area contributed by atoms with Crippen molar-refractivity contribution in [2.75, 3.05) is 7.11 Å². The molecule has 0 aromatic carbocycles. The molecule has 0 bridgehead atoms. The van der Waals surface area contributed by atoms with Gasteiger partial charge in [0.1, 0.15) is 11.7 Å². The maximum absolute atomic E-state index is 11.3. The minimum Gasteiger partial charge on any atom is -0.468 e. The lowest BCUT2D eigenvalue weighted by Crippen LogP contribution is -2.37. The molecule has 1 aliphatic rings. The summed E-state index contributed by atoms with van der Waals surface area (Å²) >= 11 is 0. The molecule has 0 heterocycles. The van der Waals surface area contributed by atoms with Crippen LogP contribution in [0.5, 0.6) is 0 Å². The smallest absolute Gasteiger partial charge is 0.316 e. The van der Waals surface area contributed by atoms with Gasteiger partial charge in [-0.15, -0.1) is 0 Å². The topological polar surface area (TPSA) is 60.4 Å². The van der Waals surface area contributed by atoms with Gasteiger partial charge in [0.25, 0.3) is 0 Å². The van der Waals surface area contributed by atoms with Crippen LogP contribution in [0.25, 0.3) is 0 Å². The first kappa shape index (κ1) is 9.89. The molecular formula is C9H12O4. The van der Waals surface area contributed by atoms with E-state index in [4.69, 9.17) is 0 Å². The van der Waals surface area contributed by atoms with E-state index in [0.29, 0.717) is 6.42 Å². The minimum atomic E-state index is -0.734. The Bertz CT molecular complexity index is 256. The fourth-order valence-electron chi connectivity index (χ4n) is 1.66. The largest absolute Gasteiger partial charge is 0.468 e. The Hall–Kier alpha value is -1.19. The molecule has 0 aliphatic heterocycles. The summed E-state index contributed by atoms with van der Waals surface area (Å²) in [5, 5.41) is 0. The van der Waals surface area contributed by atoms with Crippen molar-refractivity contribution in [1.82, 2.24) is 0 Å². The maximum atomic E-state index is 11.3. The molecule has 72 valence electrons. The number of hydrogen-bond acceptors (Lipinski definition) is 4.